The third-order valence-corrected chi connectivity index (χ3v) is 4.64. The van der Waals surface area contributed by atoms with Crippen molar-refractivity contribution in [1.29, 1.82) is 5.26 Å². The number of aromatic nitrogens is 2. The molecule has 0 N–H and O–H groups in total. The van der Waals surface area contributed by atoms with E-state index in [1.807, 2.05) is 42.5 Å². The van der Waals surface area contributed by atoms with Crippen molar-refractivity contribution < 1.29 is 4.39 Å². The monoisotopic (exact) mass is 393 g/mol. The van der Waals surface area contributed by atoms with Gasteiger partial charge in [0.1, 0.15) is 23.9 Å². The van der Waals surface area contributed by atoms with Crippen LogP contribution >= 0.6 is 0 Å². The van der Waals surface area contributed by atoms with Crippen molar-refractivity contribution in [3.63, 3.8) is 0 Å². The van der Waals surface area contributed by atoms with Gasteiger partial charge in [-0.2, -0.15) is 5.26 Å². The van der Waals surface area contributed by atoms with Gasteiger partial charge in [-0.1, -0.05) is 24.3 Å². The van der Waals surface area contributed by atoms with E-state index in [-0.39, 0.29) is 12.1 Å². The minimum Gasteiger partial charge on any atom is -0.256 e. The SMILES string of the molecule is C=NC=N/C(=C(/F)Cc1ccc2cc(C#N)cnc2c1)c1ccc2ncccc2c1. The van der Waals surface area contributed by atoms with Crippen molar-refractivity contribution in [2.45, 2.75) is 6.42 Å². The number of nitrogens with zero attached hydrogens (tertiary/aromatic N) is 5. The van der Waals surface area contributed by atoms with Crippen LogP contribution < -0.4 is 0 Å². The molecule has 0 spiro atoms. The van der Waals surface area contributed by atoms with Crippen LogP contribution in [0.1, 0.15) is 16.7 Å². The topological polar surface area (TPSA) is 74.3 Å². The van der Waals surface area contributed by atoms with Crippen molar-refractivity contribution in [3.8, 4) is 6.07 Å². The van der Waals surface area contributed by atoms with Crippen LogP contribution in [-0.2, 0) is 6.42 Å². The Hall–Kier alpha value is -4.24. The molecule has 0 saturated carbocycles. The first-order valence-corrected chi connectivity index (χ1v) is 9.19. The zero-order valence-corrected chi connectivity index (χ0v) is 16.0. The molecule has 144 valence electrons. The Bertz CT molecular complexity index is 1370. The molecule has 0 unspecified atom stereocenters. The van der Waals surface area contributed by atoms with Crippen LogP contribution in [0.15, 0.2) is 82.8 Å². The van der Waals surface area contributed by atoms with Crippen LogP contribution in [0.2, 0.25) is 0 Å². The second-order valence-corrected chi connectivity index (χ2v) is 6.63. The number of fused-ring (bicyclic) bond motifs is 2. The third kappa shape index (κ3) is 3.96. The van der Waals surface area contributed by atoms with Crippen molar-refractivity contribution in [3.05, 3.63) is 89.5 Å². The normalized spacial score (nSPS) is 12.1. The molecule has 0 radical (unpaired) electrons. The third-order valence-electron chi connectivity index (χ3n) is 4.64. The molecule has 0 aliphatic carbocycles. The highest BCUT2D eigenvalue weighted by atomic mass is 19.1. The predicted molar refractivity (Wildman–Crippen MR) is 118 cm³/mol. The summed E-state index contributed by atoms with van der Waals surface area (Å²) in [6, 6.07) is 18.5. The van der Waals surface area contributed by atoms with Gasteiger partial charge in [-0.05, 0) is 42.6 Å². The number of pyridine rings is 2. The summed E-state index contributed by atoms with van der Waals surface area (Å²) in [7, 11) is 0. The van der Waals surface area contributed by atoms with Gasteiger partial charge >= 0.3 is 0 Å². The summed E-state index contributed by atoms with van der Waals surface area (Å²) >= 11 is 0. The van der Waals surface area contributed by atoms with Gasteiger partial charge in [0.15, 0.2) is 0 Å². The maximum atomic E-state index is 15.3. The molecule has 5 nitrogen and oxygen atoms in total. The summed E-state index contributed by atoms with van der Waals surface area (Å²) in [5.41, 5.74) is 3.59. The van der Waals surface area contributed by atoms with E-state index in [9.17, 15) is 0 Å². The molecule has 2 aromatic heterocycles. The quantitative estimate of drug-likeness (QED) is 0.343. The summed E-state index contributed by atoms with van der Waals surface area (Å²) in [4.78, 5) is 16.4. The molecular formula is C24H16FN5. The van der Waals surface area contributed by atoms with Gasteiger partial charge in [0.2, 0.25) is 0 Å². The number of hydrogen-bond acceptors (Lipinski definition) is 4. The molecule has 4 rings (SSSR count). The number of nitriles is 1. The number of benzene rings is 2. The highest BCUT2D eigenvalue weighted by Gasteiger charge is 2.11. The number of aliphatic imine (C=N–C) groups is 2. The molecule has 4 aromatic rings. The van der Waals surface area contributed by atoms with E-state index in [0.29, 0.717) is 16.6 Å². The molecular weight excluding hydrogens is 377 g/mol. The molecule has 0 aliphatic heterocycles. The van der Waals surface area contributed by atoms with E-state index in [2.05, 4.69) is 32.7 Å². The summed E-state index contributed by atoms with van der Waals surface area (Å²) in [6.07, 6.45) is 4.50. The molecule has 0 fully saturated rings. The van der Waals surface area contributed by atoms with Crippen LogP contribution in [0.25, 0.3) is 27.5 Å². The van der Waals surface area contributed by atoms with Gasteiger partial charge < -0.3 is 0 Å². The molecule has 0 bridgehead atoms. The van der Waals surface area contributed by atoms with Crippen molar-refractivity contribution in [2.75, 3.05) is 0 Å². The van der Waals surface area contributed by atoms with Gasteiger partial charge in [-0.15, -0.1) is 0 Å². The lowest BCUT2D eigenvalue weighted by Crippen LogP contribution is -1.93. The highest BCUT2D eigenvalue weighted by Crippen LogP contribution is 2.27. The highest BCUT2D eigenvalue weighted by molar-refractivity contribution is 5.85. The van der Waals surface area contributed by atoms with Crippen LogP contribution in [0.3, 0.4) is 0 Å². The first-order chi connectivity index (χ1) is 14.7. The van der Waals surface area contributed by atoms with Gasteiger partial charge in [-0.25, -0.2) is 9.38 Å². The molecule has 0 saturated heterocycles. The van der Waals surface area contributed by atoms with Gasteiger partial charge in [-0.3, -0.25) is 15.0 Å². The zero-order chi connectivity index (χ0) is 20.9. The van der Waals surface area contributed by atoms with Crippen LogP contribution in [-0.4, -0.2) is 23.0 Å². The molecule has 0 aliphatic rings. The van der Waals surface area contributed by atoms with Crippen LogP contribution in [0.4, 0.5) is 4.39 Å². The van der Waals surface area contributed by atoms with E-state index < -0.39 is 5.83 Å². The van der Waals surface area contributed by atoms with E-state index in [0.717, 1.165) is 21.9 Å². The summed E-state index contributed by atoms with van der Waals surface area (Å²) in [5.74, 6) is -0.397. The van der Waals surface area contributed by atoms with Gasteiger partial charge in [0, 0.05) is 35.2 Å². The zero-order valence-electron chi connectivity index (χ0n) is 16.0. The fourth-order valence-electron chi connectivity index (χ4n) is 3.22. The van der Waals surface area contributed by atoms with Crippen LogP contribution in [0.5, 0.6) is 0 Å². The van der Waals surface area contributed by atoms with E-state index >= 15 is 4.39 Å². The molecule has 2 heterocycles. The Morgan fingerprint density at radius 1 is 1.07 bits per heavy atom. The van der Waals surface area contributed by atoms with E-state index in [4.69, 9.17) is 5.26 Å². The van der Waals surface area contributed by atoms with Gasteiger partial charge in [0.25, 0.3) is 0 Å². The smallest absolute Gasteiger partial charge is 0.131 e. The molecule has 0 amide bonds. The number of hydrogen-bond donors (Lipinski definition) is 0. The Morgan fingerprint density at radius 2 is 1.93 bits per heavy atom. The molecule has 30 heavy (non-hydrogen) atoms. The molecule has 6 heteroatoms. The molecule has 0 atom stereocenters. The van der Waals surface area contributed by atoms with Crippen LogP contribution in [0, 0.1) is 11.3 Å². The lowest BCUT2D eigenvalue weighted by Gasteiger charge is -2.08. The fraction of sp³-hybridized carbons (Fsp3) is 0.0417. The van der Waals surface area contributed by atoms with Crippen molar-refractivity contribution >= 4 is 40.6 Å². The molecule has 2 aromatic carbocycles. The maximum Gasteiger partial charge on any atom is 0.131 e. The average molecular weight is 393 g/mol. The Balaban J connectivity index is 1.74. The standard InChI is InChI=1S/C24H16FN5/c1-27-15-30-24(20-6-7-22-18(12-20)3-2-8-28-22)21(25)10-16-4-5-19-9-17(13-26)14-29-23(19)11-16/h2-9,11-12,14-15H,1,10H2/b24-21+,30-15?. The number of rotatable bonds is 5. The van der Waals surface area contributed by atoms with Gasteiger partial charge in [0.05, 0.1) is 16.6 Å². The largest absolute Gasteiger partial charge is 0.256 e. The second kappa shape index (κ2) is 8.41. The van der Waals surface area contributed by atoms with Crippen molar-refractivity contribution in [1.82, 2.24) is 9.97 Å². The van der Waals surface area contributed by atoms with E-state index in [1.165, 1.54) is 12.5 Å². The van der Waals surface area contributed by atoms with E-state index in [1.54, 1.807) is 18.3 Å². The lowest BCUT2D eigenvalue weighted by atomic mass is 10.0. The minimum atomic E-state index is -0.397. The lowest BCUT2D eigenvalue weighted by molar-refractivity contribution is 0.614. The first kappa shape index (κ1) is 19.1. The second-order valence-electron chi connectivity index (χ2n) is 6.63. The average Bonchev–Trinajstić information content (AvgIpc) is 2.79. The summed E-state index contributed by atoms with van der Waals surface area (Å²) in [5, 5.41) is 10.7. The number of halogens is 1. The summed E-state index contributed by atoms with van der Waals surface area (Å²) < 4.78 is 15.3. The number of allylic oxidation sites excluding steroid dienone is 1. The Morgan fingerprint density at radius 3 is 2.77 bits per heavy atom. The fourth-order valence-corrected chi connectivity index (χ4v) is 3.22. The Labute approximate surface area is 172 Å². The predicted octanol–water partition coefficient (Wildman–Crippen LogP) is 5.26. The first-order valence-electron chi connectivity index (χ1n) is 9.19. The van der Waals surface area contributed by atoms with Crippen molar-refractivity contribution in [2.24, 2.45) is 9.98 Å². The summed E-state index contributed by atoms with van der Waals surface area (Å²) in [6.45, 7) is 3.38. The maximum absolute atomic E-state index is 15.3. The Kier molecular flexibility index (Phi) is 5.35. The minimum absolute atomic E-state index is 0.0481.